The summed E-state index contributed by atoms with van der Waals surface area (Å²) < 4.78 is 0. The first kappa shape index (κ1) is 26.8. The fourth-order valence-corrected chi connectivity index (χ4v) is 2.79. The number of Topliss-reactive ketones (excluding diaryl/α,β-unsaturated/α-hetero) is 2. The average molecular weight is 439 g/mol. The number of carbonyl (C=O) groups is 4. The van der Waals surface area contributed by atoms with E-state index in [4.69, 9.17) is 0 Å². The van der Waals surface area contributed by atoms with Crippen LogP contribution in [0.5, 0.6) is 0 Å². The van der Waals surface area contributed by atoms with Gasteiger partial charge in [0.25, 0.3) is 0 Å². The molecule has 0 aromatic heterocycles. The van der Waals surface area contributed by atoms with Crippen LogP contribution in [-0.2, 0) is 25.6 Å². The van der Waals surface area contributed by atoms with E-state index in [-0.39, 0.29) is 36.5 Å². The Morgan fingerprint density at radius 3 is 1.69 bits per heavy atom. The summed E-state index contributed by atoms with van der Waals surface area (Å²) in [5.41, 5.74) is 3.26. The van der Waals surface area contributed by atoms with Crippen molar-refractivity contribution in [3.63, 3.8) is 0 Å². The number of amides is 2. The van der Waals surface area contributed by atoms with Crippen LogP contribution in [0, 0.1) is 0 Å². The highest BCUT2D eigenvalue weighted by Gasteiger charge is 2.06. The van der Waals surface area contributed by atoms with Gasteiger partial charge >= 0.3 is 0 Å². The van der Waals surface area contributed by atoms with Gasteiger partial charge in [0.1, 0.15) is 5.78 Å². The molecule has 0 saturated carbocycles. The largest absolute Gasteiger partial charge is 0.349 e. The van der Waals surface area contributed by atoms with E-state index in [9.17, 15) is 19.2 Å². The molecule has 0 aliphatic rings. The van der Waals surface area contributed by atoms with E-state index < -0.39 is 0 Å². The molecule has 0 spiro atoms. The molecule has 32 heavy (non-hydrogen) atoms. The van der Waals surface area contributed by atoms with Crippen molar-refractivity contribution in [2.24, 2.45) is 0 Å². The van der Waals surface area contributed by atoms with Crippen LogP contribution in [0.15, 0.2) is 54.6 Å². The van der Waals surface area contributed by atoms with Gasteiger partial charge in [0, 0.05) is 19.3 Å². The maximum Gasteiger partial charge on any atom is 0.220 e. The molecule has 0 aliphatic carbocycles. The number of benzene rings is 2. The molecule has 0 aliphatic heterocycles. The topological polar surface area (TPSA) is 92.3 Å². The Bertz CT molecular complexity index is 861. The van der Waals surface area contributed by atoms with Crippen LogP contribution in [0.1, 0.15) is 52.0 Å². The molecule has 172 valence electrons. The van der Waals surface area contributed by atoms with Crippen LogP contribution in [0.3, 0.4) is 0 Å². The van der Waals surface area contributed by atoms with Crippen molar-refractivity contribution in [2.75, 3.05) is 13.1 Å². The molecule has 0 heterocycles. The van der Waals surface area contributed by atoms with E-state index in [2.05, 4.69) is 22.8 Å². The summed E-state index contributed by atoms with van der Waals surface area (Å²) in [6.07, 6.45) is 2.94. The number of hydrogen-bond acceptors (Lipinski definition) is 4. The van der Waals surface area contributed by atoms with E-state index in [1.54, 1.807) is 0 Å². The summed E-state index contributed by atoms with van der Waals surface area (Å²) in [4.78, 5) is 44.2. The lowest BCUT2D eigenvalue weighted by molar-refractivity contribution is -0.124. The molecule has 0 radical (unpaired) electrons. The minimum Gasteiger partial charge on any atom is -0.349 e. The summed E-state index contributed by atoms with van der Waals surface area (Å²) in [7, 11) is 0. The van der Waals surface area contributed by atoms with Crippen molar-refractivity contribution in [1.29, 1.82) is 0 Å². The van der Waals surface area contributed by atoms with Gasteiger partial charge in [-0.25, -0.2) is 0 Å². The van der Waals surface area contributed by atoms with Crippen molar-refractivity contribution in [3.05, 3.63) is 60.2 Å². The van der Waals surface area contributed by atoms with Crippen LogP contribution in [-0.4, -0.2) is 36.5 Å². The lowest BCUT2D eigenvalue weighted by Crippen LogP contribution is -2.29. The van der Waals surface area contributed by atoms with Crippen molar-refractivity contribution in [3.8, 4) is 11.1 Å². The summed E-state index contributed by atoms with van der Waals surface area (Å²) in [6, 6.07) is 18.1. The standard InChI is InChI=1S/C19H21NO2.C7H13NO2/c1-2-6-19(22)20-14-18(21)13-15-9-11-17(12-10-15)16-7-4-3-5-8-16;1-3-4-7(10)8-5-6(2)9/h3-5,7-12H,2,6,13-14H2,1H3,(H,20,22);3-5H2,1-2H3,(H,8,10). The maximum atomic E-state index is 11.9. The van der Waals surface area contributed by atoms with Gasteiger partial charge in [0.15, 0.2) is 5.78 Å². The zero-order chi connectivity index (χ0) is 23.8. The monoisotopic (exact) mass is 438 g/mol. The number of rotatable bonds is 11. The fourth-order valence-electron chi connectivity index (χ4n) is 2.79. The minimum atomic E-state index is -0.0599. The smallest absolute Gasteiger partial charge is 0.220 e. The molecule has 0 fully saturated rings. The van der Waals surface area contributed by atoms with E-state index in [1.807, 2.05) is 56.3 Å². The highest BCUT2D eigenvalue weighted by molar-refractivity contribution is 5.87. The number of carbonyl (C=O) groups excluding carboxylic acids is 4. The zero-order valence-corrected chi connectivity index (χ0v) is 19.3. The minimum absolute atomic E-state index is 0.00977. The van der Waals surface area contributed by atoms with E-state index in [0.717, 1.165) is 29.5 Å². The lowest BCUT2D eigenvalue weighted by Gasteiger charge is -2.06. The molecule has 0 saturated heterocycles. The highest BCUT2D eigenvalue weighted by atomic mass is 16.2. The van der Waals surface area contributed by atoms with Gasteiger partial charge < -0.3 is 10.6 Å². The number of hydrogen-bond donors (Lipinski definition) is 2. The summed E-state index contributed by atoms with van der Waals surface area (Å²) in [5, 5.41) is 5.15. The predicted octanol–water partition coefficient (Wildman–Crippen LogP) is 3.87. The molecule has 2 aromatic carbocycles. The van der Waals surface area contributed by atoms with Crippen LogP contribution in [0.2, 0.25) is 0 Å². The van der Waals surface area contributed by atoms with Gasteiger partial charge in [-0.3, -0.25) is 19.2 Å². The molecule has 6 nitrogen and oxygen atoms in total. The third-order valence-electron chi connectivity index (χ3n) is 4.43. The molecular formula is C26H34N2O4. The van der Waals surface area contributed by atoms with Crippen LogP contribution in [0.25, 0.3) is 11.1 Å². The van der Waals surface area contributed by atoms with E-state index >= 15 is 0 Å². The molecule has 6 heteroatoms. The Morgan fingerprint density at radius 2 is 1.19 bits per heavy atom. The Kier molecular flexibility index (Phi) is 13.0. The Morgan fingerprint density at radius 1 is 0.688 bits per heavy atom. The van der Waals surface area contributed by atoms with E-state index in [1.165, 1.54) is 6.92 Å². The third kappa shape index (κ3) is 11.8. The van der Waals surface area contributed by atoms with Crippen molar-refractivity contribution in [2.45, 2.75) is 52.9 Å². The van der Waals surface area contributed by atoms with Gasteiger partial charge in [-0.05, 0) is 36.5 Å². The molecule has 0 atom stereocenters. The lowest BCUT2D eigenvalue weighted by atomic mass is 10.0. The molecule has 0 unspecified atom stereocenters. The SMILES string of the molecule is CCCC(=O)NCC(=O)Cc1ccc(-c2ccccc2)cc1.CCCC(=O)NCC(C)=O. The first-order valence-corrected chi connectivity index (χ1v) is 11.0. The normalized spacial score (nSPS) is 9.84. The Hall–Kier alpha value is -3.28. The summed E-state index contributed by atoms with van der Waals surface area (Å²) in [6.45, 7) is 5.59. The third-order valence-corrected chi connectivity index (χ3v) is 4.43. The molecule has 2 aromatic rings. The van der Waals surface area contributed by atoms with E-state index in [0.29, 0.717) is 19.3 Å². The number of nitrogens with one attached hydrogen (secondary N) is 2. The molecular weight excluding hydrogens is 404 g/mol. The van der Waals surface area contributed by atoms with Crippen LogP contribution < -0.4 is 10.6 Å². The number of ketones is 2. The molecule has 0 bridgehead atoms. The quantitative estimate of drug-likeness (QED) is 0.557. The first-order valence-electron chi connectivity index (χ1n) is 11.0. The van der Waals surface area contributed by atoms with Gasteiger partial charge in [-0.2, -0.15) is 0 Å². The van der Waals surface area contributed by atoms with Gasteiger partial charge in [0.05, 0.1) is 13.1 Å². The predicted molar refractivity (Wildman–Crippen MR) is 127 cm³/mol. The van der Waals surface area contributed by atoms with Crippen molar-refractivity contribution >= 4 is 23.4 Å². The summed E-state index contributed by atoms with van der Waals surface area (Å²) in [5.74, 6) is -0.0886. The average Bonchev–Trinajstić information content (AvgIpc) is 2.78. The first-order chi connectivity index (χ1) is 15.3. The second kappa shape index (κ2) is 15.5. The second-order valence-electron chi connectivity index (χ2n) is 7.53. The molecule has 2 amide bonds. The zero-order valence-electron chi connectivity index (χ0n) is 19.3. The molecule has 2 rings (SSSR count). The van der Waals surface area contributed by atoms with Crippen molar-refractivity contribution in [1.82, 2.24) is 10.6 Å². The van der Waals surface area contributed by atoms with Crippen molar-refractivity contribution < 1.29 is 19.2 Å². The maximum absolute atomic E-state index is 11.9. The van der Waals surface area contributed by atoms with Gasteiger partial charge in [-0.15, -0.1) is 0 Å². The van der Waals surface area contributed by atoms with Crippen LogP contribution in [0.4, 0.5) is 0 Å². The summed E-state index contributed by atoms with van der Waals surface area (Å²) >= 11 is 0. The van der Waals surface area contributed by atoms with Gasteiger partial charge in [-0.1, -0.05) is 68.4 Å². The second-order valence-corrected chi connectivity index (χ2v) is 7.53. The fraction of sp³-hybridized carbons (Fsp3) is 0.385. The Labute approximate surface area is 190 Å². The van der Waals surface area contributed by atoms with Gasteiger partial charge in [0.2, 0.25) is 11.8 Å². The van der Waals surface area contributed by atoms with Crippen LogP contribution >= 0.6 is 0 Å². The highest BCUT2D eigenvalue weighted by Crippen LogP contribution is 2.19. The Balaban J connectivity index is 0.000000433. The molecule has 2 N–H and O–H groups in total.